The molecule has 17 heavy (non-hydrogen) atoms. The van der Waals surface area contributed by atoms with E-state index in [-0.39, 0.29) is 17.1 Å². The van der Waals surface area contributed by atoms with Crippen molar-refractivity contribution >= 4 is 10.0 Å². The molecule has 0 amide bonds. The fourth-order valence-electron chi connectivity index (χ4n) is 1.87. The minimum absolute atomic E-state index is 0.0396. The Labute approximate surface area is 106 Å². The molecule has 0 aromatic carbocycles. The molecule has 0 bridgehead atoms. The molecule has 1 aliphatic rings. The number of piperidine rings is 1. The molecule has 1 heterocycles. The molecule has 4 nitrogen and oxygen atoms in total. The van der Waals surface area contributed by atoms with Gasteiger partial charge in [-0.3, -0.25) is 0 Å². The van der Waals surface area contributed by atoms with Crippen molar-refractivity contribution in [3.63, 3.8) is 0 Å². The van der Waals surface area contributed by atoms with E-state index in [2.05, 4.69) is 30.8 Å². The molecule has 2 N–H and O–H groups in total. The second kappa shape index (κ2) is 6.16. The van der Waals surface area contributed by atoms with Gasteiger partial charge in [0.1, 0.15) is 0 Å². The highest BCUT2D eigenvalue weighted by Gasteiger charge is 2.23. The molecule has 0 radical (unpaired) electrons. The SMILES string of the molecule is CCC(C)(C)CNS(=O)(=O)CC1CCCNC1. The zero-order valence-electron chi connectivity index (χ0n) is 11.3. The third-order valence-corrected chi connectivity index (χ3v) is 5.08. The number of rotatable bonds is 6. The van der Waals surface area contributed by atoms with Gasteiger partial charge in [-0.15, -0.1) is 0 Å². The molecule has 1 aliphatic heterocycles. The molecule has 0 aliphatic carbocycles. The minimum atomic E-state index is -3.11. The van der Waals surface area contributed by atoms with Gasteiger partial charge in [0.2, 0.25) is 10.0 Å². The van der Waals surface area contributed by atoms with Crippen molar-refractivity contribution in [3.05, 3.63) is 0 Å². The highest BCUT2D eigenvalue weighted by Crippen LogP contribution is 2.19. The smallest absolute Gasteiger partial charge is 0.211 e. The third-order valence-electron chi connectivity index (χ3n) is 3.58. The van der Waals surface area contributed by atoms with E-state index < -0.39 is 10.0 Å². The maximum absolute atomic E-state index is 11.9. The fraction of sp³-hybridized carbons (Fsp3) is 1.00. The molecular weight excluding hydrogens is 236 g/mol. The fourth-order valence-corrected chi connectivity index (χ4v) is 3.50. The van der Waals surface area contributed by atoms with E-state index in [0.717, 1.165) is 32.4 Å². The van der Waals surface area contributed by atoms with E-state index in [1.165, 1.54) is 0 Å². The van der Waals surface area contributed by atoms with Crippen LogP contribution >= 0.6 is 0 Å². The monoisotopic (exact) mass is 262 g/mol. The Morgan fingerprint density at radius 3 is 2.65 bits per heavy atom. The first-order valence-corrected chi connectivity index (χ1v) is 8.18. The van der Waals surface area contributed by atoms with Gasteiger partial charge in [-0.2, -0.15) is 0 Å². The van der Waals surface area contributed by atoms with Crippen LogP contribution in [0.4, 0.5) is 0 Å². The molecule has 1 fully saturated rings. The molecule has 1 unspecified atom stereocenters. The van der Waals surface area contributed by atoms with Gasteiger partial charge in [-0.25, -0.2) is 13.1 Å². The normalized spacial score (nSPS) is 22.6. The molecular formula is C12H26N2O2S. The predicted octanol–water partition coefficient (Wildman–Crippen LogP) is 1.34. The average molecular weight is 262 g/mol. The van der Waals surface area contributed by atoms with Gasteiger partial charge in [0.05, 0.1) is 5.75 Å². The molecule has 0 spiro atoms. The van der Waals surface area contributed by atoms with Crippen molar-refractivity contribution in [1.82, 2.24) is 10.0 Å². The zero-order valence-corrected chi connectivity index (χ0v) is 12.1. The van der Waals surface area contributed by atoms with E-state index >= 15 is 0 Å². The van der Waals surface area contributed by atoms with Crippen LogP contribution in [0.2, 0.25) is 0 Å². The summed E-state index contributed by atoms with van der Waals surface area (Å²) in [6.07, 6.45) is 3.08. The molecule has 0 saturated carbocycles. The summed E-state index contributed by atoms with van der Waals surface area (Å²) < 4.78 is 26.6. The Morgan fingerprint density at radius 1 is 1.41 bits per heavy atom. The van der Waals surface area contributed by atoms with Gasteiger partial charge >= 0.3 is 0 Å². The number of sulfonamides is 1. The van der Waals surface area contributed by atoms with Crippen LogP contribution in [-0.2, 0) is 10.0 Å². The van der Waals surface area contributed by atoms with Crippen molar-refractivity contribution in [1.29, 1.82) is 0 Å². The Bertz CT molecular complexity index is 319. The lowest BCUT2D eigenvalue weighted by atomic mass is 9.91. The van der Waals surface area contributed by atoms with E-state index in [0.29, 0.717) is 6.54 Å². The summed E-state index contributed by atoms with van der Waals surface area (Å²) in [7, 11) is -3.11. The summed E-state index contributed by atoms with van der Waals surface area (Å²) in [6.45, 7) is 8.63. The maximum atomic E-state index is 11.9. The zero-order chi connectivity index (χ0) is 12.9. The van der Waals surface area contributed by atoms with Crippen molar-refractivity contribution in [3.8, 4) is 0 Å². The van der Waals surface area contributed by atoms with Crippen LogP contribution in [0.1, 0.15) is 40.0 Å². The van der Waals surface area contributed by atoms with Crippen molar-refractivity contribution < 1.29 is 8.42 Å². The summed E-state index contributed by atoms with van der Waals surface area (Å²) in [5.74, 6) is 0.533. The van der Waals surface area contributed by atoms with Crippen LogP contribution in [-0.4, -0.2) is 33.8 Å². The Morgan fingerprint density at radius 2 is 2.12 bits per heavy atom. The second-order valence-corrected chi connectivity index (χ2v) is 7.68. The van der Waals surface area contributed by atoms with Crippen molar-refractivity contribution in [2.24, 2.45) is 11.3 Å². The van der Waals surface area contributed by atoms with Crippen molar-refractivity contribution in [2.75, 3.05) is 25.4 Å². The van der Waals surface area contributed by atoms with Crippen LogP contribution < -0.4 is 10.0 Å². The lowest BCUT2D eigenvalue weighted by Crippen LogP contribution is -2.40. The molecule has 1 saturated heterocycles. The van der Waals surface area contributed by atoms with Crippen LogP contribution in [0.5, 0.6) is 0 Å². The largest absolute Gasteiger partial charge is 0.316 e. The van der Waals surface area contributed by atoms with Gasteiger partial charge in [-0.05, 0) is 43.7 Å². The number of hydrogen-bond donors (Lipinski definition) is 2. The third kappa shape index (κ3) is 5.84. The highest BCUT2D eigenvalue weighted by atomic mass is 32.2. The molecule has 1 atom stereocenters. The quantitative estimate of drug-likeness (QED) is 0.759. The first-order chi connectivity index (χ1) is 7.85. The molecule has 5 heteroatoms. The van der Waals surface area contributed by atoms with Crippen LogP contribution in [0.25, 0.3) is 0 Å². The lowest BCUT2D eigenvalue weighted by Gasteiger charge is -2.25. The molecule has 102 valence electrons. The maximum Gasteiger partial charge on any atom is 0.211 e. The van der Waals surface area contributed by atoms with Crippen LogP contribution in [0.15, 0.2) is 0 Å². The Balaban J connectivity index is 2.40. The van der Waals surface area contributed by atoms with Gasteiger partial charge in [0.15, 0.2) is 0 Å². The summed E-state index contributed by atoms with van der Waals surface area (Å²) in [5, 5.41) is 3.25. The highest BCUT2D eigenvalue weighted by molar-refractivity contribution is 7.89. The summed E-state index contributed by atoms with van der Waals surface area (Å²) in [4.78, 5) is 0. The van der Waals surface area contributed by atoms with E-state index in [9.17, 15) is 8.42 Å². The van der Waals surface area contributed by atoms with Gasteiger partial charge in [0.25, 0.3) is 0 Å². The minimum Gasteiger partial charge on any atom is -0.316 e. The number of hydrogen-bond acceptors (Lipinski definition) is 3. The Hall–Kier alpha value is -0.130. The second-order valence-electron chi connectivity index (χ2n) is 5.83. The summed E-state index contributed by atoms with van der Waals surface area (Å²) >= 11 is 0. The van der Waals surface area contributed by atoms with E-state index in [1.807, 2.05) is 0 Å². The van der Waals surface area contributed by atoms with Gasteiger partial charge in [-0.1, -0.05) is 20.8 Å². The van der Waals surface area contributed by atoms with Gasteiger partial charge < -0.3 is 5.32 Å². The first-order valence-electron chi connectivity index (χ1n) is 6.53. The summed E-state index contributed by atoms with van der Waals surface area (Å²) in [6, 6.07) is 0. The molecule has 0 aromatic heterocycles. The standard InChI is InChI=1S/C12H26N2O2S/c1-4-12(2,3)10-14-17(15,16)9-11-6-5-7-13-8-11/h11,13-14H,4-10H2,1-3H3. The van der Waals surface area contributed by atoms with E-state index in [4.69, 9.17) is 0 Å². The molecule has 0 aromatic rings. The van der Waals surface area contributed by atoms with Gasteiger partial charge in [0, 0.05) is 6.54 Å². The van der Waals surface area contributed by atoms with Crippen LogP contribution in [0, 0.1) is 11.3 Å². The lowest BCUT2D eigenvalue weighted by molar-refractivity contribution is 0.348. The number of nitrogens with one attached hydrogen (secondary N) is 2. The topological polar surface area (TPSA) is 58.2 Å². The average Bonchev–Trinajstić information content (AvgIpc) is 2.28. The van der Waals surface area contributed by atoms with E-state index in [1.54, 1.807) is 0 Å². The predicted molar refractivity (Wildman–Crippen MR) is 71.5 cm³/mol. The first kappa shape index (κ1) is 14.9. The van der Waals surface area contributed by atoms with Crippen LogP contribution in [0.3, 0.4) is 0 Å². The Kier molecular flexibility index (Phi) is 5.41. The molecule has 1 rings (SSSR count). The van der Waals surface area contributed by atoms with Crippen molar-refractivity contribution in [2.45, 2.75) is 40.0 Å². The summed E-state index contributed by atoms with van der Waals surface area (Å²) in [5.41, 5.74) is 0.0396.